The standard InChI is InChI=1S/C16H17N5O/c22-11-3-8-18-15-13-4-1-2-5-14(13)20-16(21-15)19-12-6-9-17-10-7-12/h1-2,4-7,9-10,22H,3,8,11H2,(H2,17,18,19,20,21). The molecule has 112 valence electrons. The van der Waals surface area contributed by atoms with Crippen LogP contribution in [0.5, 0.6) is 0 Å². The van der Waals surface area contributed by atoms with Crippen molar-refractivity contribution in [3.05, 3.63) is 48.8 Å². The van der Waals surface area contributed by atoms with Gasteiger partial charge in [-0.2, -0.15) is 4.98 Å². The molecule has 0 aliphatic rings. The van der Waals surface area contributed by atoms with Crippen LogP contribution in [0.25, 0.3) is 10.9 Å². The Morgan fingerprint density at radius 1 is 1.00 bits per heavy atom. The van der Waals surface area contributed by atoms with E-state index in [4.69, 9.17) is 5.11 Å². The molecule has 0 saturated heterocycles. The largest absolute Gasteiger partial charge is 0.396 e. The lowest BCUT2D eigenvalue weighted by Gasteiger charge is -2.11. The van der Waals surface area contributed by atoms with Crippen molar-refractivity contribution in [1.82, 2.24) is 15.0 Å². The highest BCUT2D eigenvalue weighted by Gasteiger charge is 2.07. The van der Waals surface area contributed by atoms with Crippen LogP contribution in [0.3, 0.4) is 0 Å². The second-order valence-electron chi connectivity index (χ2n) is 4.78. The number of para-hydroxylation sites is 1. The van der Waals surface area contributed by atoms with Gasteiger partial charge in [-0.25, -0.2) is 4.98 Å². The number of rotatable bonds is 6. The minimum Gasteiger partial charge on any atom is -0.396 e. The molecule has 3 N–H and O–H groups in total. The smallest absolute Gasteiger partial charge is 0.229 e. The Labute approximate surface area is 128 Å². The molecule has 22 heavy (non-hydrogen) atoms. The first-order valence-corrected chi connectivity index (χ1v) is 7.15. The number of fused-ring (bicyclic) bond motifs is 1. The second kappa shape index (κ2) is 6.82. The van der Waals surface area contributed by atoms with Crippen LogP contribution >= 0.6 is 0 Å². The molecule has 3 aromatic rings. The number of anilines is 3. The summed E-state index contributed by atoms with van der Waals surface area (Å²) in [7, 11) is 0. The maximum absolute atomic E-state index is 8.92. The third-order valence-electron chi connectivity index (χ3n) is 3.17. The summed E-state index contributed by atoms with van der Waals surface area (Å²) in [5.74, 6) is 1.28. The summed E-state index contributed by atoms with van der Waals surface area (Å²) in [5.41, 5.74) is 1.74. The van der Waals surface area contributed by atoms with Gasteiger partial charge in [-0.1, -0.05) is 12.1 Å². The highest BCUT2D eigenvalue weighted by atomic mass is 16.3. The first-order valence-electron chi connectivity index (χ1n) is 7.15. The molecule has 0 bridgehead atoms. The first-order chi connectivity index (χ1) is 10.9. The molecule has 0 radical (unpaired) electrons. The zero-order chi connectivity index (χ0) is 15.2. The quantitative estimate of drug-likeness (QED) is 0.606. The van der Waals surface area contributed by atoms with E-state index >= 15 is 0 Å². The summed E-state index contributed by atoms with van der Waals surface area (Å²) < 4.78 is 0. The molecule has 1 aromatic carbocycles. The molecule has 0 unspecified atom stereocenters. The number of aromatic nitrogens is 3. The Morgan fingerprint density at radius 2 is 1.82 bits per heavy atom. The zero-order valence-corrected chi connectivity index (χ0v) is 12.0. The van der Waals surface area contributed by atoms with Crippen LogP contribution in [0.1, 0.15) is 6.42 Å². The van der Waals surface area contributed by atoms with E-state index in [1.807, 2.05) is 36.4 Å². The molecule has 0 saturated carbocycles. The van der Waals surface area contributed by atoms with Gasteiger partial charge in [-0.15, -0.1) is 0 Å². The number of hydrogen-bond acceptors (Lipinski definition) is 6. The van der Waals surface area contributed by atoms with Gasteiger partial charge < -0.3 is 15.7 Å². The number of nitrogens with one attached hydrogen (secondary N) is 2. The predicted octanol–water partition coefficient (Wildman–Crippen LogP) is 2.56. The Balaban J connectivity index is 1.93. The first kappa shape index (κ1) is 14.2. The van der Waals surface area contributed by atoms with Gasteiger partial charge in [0.1, 0.15) is 5.82 Å². The summed E-state index contributed by atoms with van der Waals surface area (Å²) in [4.78, 5) is 13.0. The summed E-state index contributed by atoms with van der Waals surface area (Å²) in [6.07, 6.45) is 4.10. The molecule has 2 aromatic heterocycles. The molecular weight excluding hydrogens is 278 g/mol. The van der Waals surface area contributed by atoms with Crippen LogP contribution in [-0.4, -0.2) is 33.2 Å². The zero-order valence-electron chi connectivity index (χ0n) is 12.0. The maximum atomic E-state index is 8.92. The Kier molecular flexibility index (Phi) is 4.41. The van der Waals surface area contributed by atoms with Gasteiger partial charge in [0.15, 0.2) is 0 Å². The van der Waals surface area contributed by atoms with Gasteiger partial charge in [0.25, 0.3) is 0 Å². The Morgan fingerprint density at radius 3 is 2.64 bits per heavy atom. The molecular formula is C16H17N5O. The molecule has 6 nitrogen and oxygen atoms in total. The SMILES string of the molecule is OCCCNc1nc(Nc2ccncc2)nc2ccccc12. The van der Waals surface area contributed by atoms with E-state index in [0.717, 1.165) is 22.4 Å². The molecule has 0 atom stereocenters. The topological polar surface area (TPSA) is 83.0 Å². The maximum Gasteiger partial charge on any atom is 0.229 e. The van der Waals surface area contributed by atoms with Gasteiger partial charge in [0.05, 0.1) is 5.52 Å². The number of aliphatic hydroxyl groups excluding tert-OH is 1. The lowest BCUT2D eigenvalue weighted by atomic mass is 10.2. The van der Waals surface area contributed by atoms with Crippen LogP contribution in [0.2, 0.25) is 0 Å². The minimum atomic E-state index is 0.151. The average Bonchev–Trinajstić information content (AvgIpc) is 2.56. The van der Waals surface area contributed by atoms with Crippen LogP contribution < -0.4 is 10.6 Å². The van der Waals surface area contributed by atoms with Crippen LogP contribution in [-0.2, 0) is 0 Å². The minimum absolute atomic E-state index is 0.151. The van der Waals surface area contributed by atoms with Crippen molar-refractivity contribution in [3.63, 3.8) is 0 Å². The van der Waals surface area contributed by atoms with Gasteiger partial charge in [0, 0.05) is 36.6 Å². The summed E-state index contributed by atoms with van der Waals surface area (Å²) in [6.45, 7) is 0.810. The second-order valence-corrected chi connectivity index (χ2v) is 4.78. The van der Waals surface area contributed by atoms with Crippen LogP contribution in [0.15, 0.2) is 48.8 Å². The number of benzene rings is 1. The van der Waals surface area contributed by atoms with Crippen molar-refractivity contribution in [2.75, 3.05) is 23.8 Å². The Hall–Kier alpha value is -2.73. The van der Waals surface area contributed by atoms with E-state index in [1.54, 1.807) is 12.4 Å². The van der Waals surface area contributed by atoms with E-state index in [9.17, 15) is 0 Å². The van der Waals surface area contributed by atoms with Gasteiger partial charge in [0.2, 0.25) is 5.95 Å². The molecule has 0 spiro atoms. The highest BCUT2D eigenvalue weighted by molar-refractivity contribution is 5.90. The van der Waals surface area contributed by atoms with E-state index in [0.29, 0.717) is 18.9 Å². The molecule has 2 heterocycles. The average molecular weight is 295 g/mol. The lowest BCUT2D eigenvalue weighted by Crippen LogP contribution is -2.08. The third kappa shape index (κ3) is 3.29. The summed E-state index contributed by atoms with van der Waals surface area (Å²) in [5, 5.41) is 16.3. The van der Waals surface area contributed by atoms with E-state index in [2.05, 4.69) is 25.6 Å². The van der Waals surface area contributed by atoms with Crippen molar-refractivity contribution in [3.8, 4) is 0 Å². The Bertz CT molecular complexity index is 748. The number of hydrogen-bond donors (Lipinski definition) is 3. The van der Waals surface area contributed by atoms with Crippen LogP contribution in [0.4, 0.5) is 17.5 Å². The number of aliphatic hydroxyl groups is 1. The van der Waals surface area contributed by atoms with E-state index in [-0.39, 0.29) is 6.61 Å². The van der Waals surface area contributed by atoms with E-state index in [1.165, 1.54) is 0 Å². The molecule has 0 aliphatic heterocycles. The van der Waals surface area contributed by atoms with Crippen molar-refractivity contribution in [2.45, 2.75) is 6.42 Å². The number of nitrogens with zero attached hydrogens (tertiary/aromatic N) is 3. The molecule has 0 fully saturated rings. The third-order valence-corrected chi connectivity index (χ3v) is 3.17. The van der Waals surface area contributed by atoms with Crippen molar-refractivity contribution in [2.24, 2.45) is 0 Å². The van der Waals surface area contributed by atoms with Gasteiger partial charge in [-0.3, -0.25) is 4.98 Å². The van der Waals surface area contributed by atoms with E-state index < -0.39 is 0 Å². The van der Waals surface area contributed by atoms with Crippen molar-refractivity contribution in [1.29, 1.82) is 0 Å². The highest BCUT2D eigenvalue weighted by Crippen LogP contribution is 2.23. The number of pyridine rings is 1. The monoisotopic (exact) mass is 295 g/mol. The van der Waals surface area contributed by atoms with Crippen molar-refractivity contribution < 1.29 is 5.11 Å². The fourth-order valence-corrected chi connectivity index (χ4v) is 2.12. The lowest BCUT2D eigenvalue weighted by molar-refractivity contribution is 0.292. The normalized spacial score (nSPS) is 10.6. The molecule has 6 heteroatoms. The molecule has 0 amide bonds. The van der Waals surface area contributed by atoms with Crippen molar-refractivity contribution >= 4 is 28.4 Å². The fraction of sp³-hybridized carbons (Fsp3) is 0.188. The summed E-state index contributed by atoms with van der Waals surface area (Å²) >= 11 is 0. The fourth-order valence-electron chi connectivity index (χ4n) is 2.12. The van der Waals surface area contributed by atoms with Crippen LogP contribution in [0, 0.1) is 0 Å². The molecule has 3 rings (SSSR count). The van der Waals surface area contributed by atoms with Gasteiger partial charge >= 0.3 is 0 Å². The predicted molar refractivity (Wildman–Crippen MR) is 87.3 cm³/mol. The molecule has 0 aliphatic carbocycles. The van der Waals surface area contributed by atoms with Gasteiger partial charge in [-0.05, 0) is 30.7 Å². The summed E-state index contributed by atoms with van der Waals surface area (Å²) in [6, 6.07) is 11.6.